The van der Waals surface area contributed by atoms with Crippen LogP contribution in [0.5, 0.6) is 0 Å². The largest absolute Gasteiger partial charge is 0.369 e. The zero-order valence-corrected chi connectivity index (χ0v) is 14.6. The molecule has 26 heavy (non-hydrogen) atoms. The number of anilines is 1. The van der Waals surface area contributed by atoms with Gasteiger partial charge in [-0.05, 0) is 25.0 Å². The maximum absolute atomic E-state index is 11.9. The summed E-state index contributed by atoms with van der Waals surface area (Å²) in [6.45, 7) is 2.71. The van der Waals surface area contributed by atoms with Gasteiger partial charge in [-0.2, -0.15) is 0 Å². The maximum Gasteiger partial charge on any atom is 0.225 e. The monoisotopic (exact) mass is 347 g/mol. The second kappa shape index (κ2) is 6.67. The number of nitrogens with zero attached hydrogens (tertiary/aromatic N) is 2. The number of fused-ring (bicyclic) bond motifs is 1. The molecule has 0 saturated heterocycles. The summed E-state index contributed by atoms with van der Waals surface area (Å²) in [4.78, 5) is 14.1. The van der Waals surface area contributed by atoms with Crippen molar-refractivity contribution >= 4 is 11.6 Å². The minimum atomic E-state index is -0.269. The van der Waals surface area contributed by atoms with E-state index in [1.54, 1.807) is 0 Å². The number of para-hydroxylation sites is 1. The van der Waals surface area contributed by atoms with Gasteiger partial charge in [0.15, 0.2) is 5.76 Å². The fraction of sp³-hybridized carbons (Fsp3) is 0.238. The lowest BCUT2D eigenvalue weighted by molar-refractivity contribution is -0.119. The van der Waals surface area contributed by atoms with E-state index in [9.17, 15) is 4.79 Å². The Balaban J connectivity index is 1.63. The molecule has 0 radical (unpaired) electrons. The first kappa shape index (κ1) is 16.4. The van der Waals surface area contributed by atoms with Gasteiger partial charge in [-0.25, -0.2) is 0 Å². The van der Waals surface area contributed by atoms with Crippen LogP contribution in [0.1, 0.15) is 30.6 Å². The summed E-state index contributed by atoms with van der Waals surface area (Å²) in [7, 11) is 0. The van der Waals surface area contributed by atoms with Gasteiger partial charge in [-0.1, -0.05) is 53.7 Å². The first-order valence-corrected chi connectivity index (χ1v) is 8.79. The normalized spacial score (nSPS) is 19.2. The number of nitrogens with two attached hydrogens (primary N) is 1. The van der Waals surface area contributed by atoms with Crippen LogP contribution in [0.3, 0.4) is 0 Å². The minimum absolute atomic E-state index is 0.174. The van der Waals surface area contributed by atoms with Crippen LogP contribution >= 0.6 is 0 Å². The SMILES string of the molecule is C[C@@H]1C[C@@H](C(N)=O)c2ccccc2N1Cc1cc(-c2ccccc2)no1. The number of carbonyl (C=O) groups excluding carboxylic acids is 1. The maximum atomic E-state index is 11.9. The molecule has 1 aliphatic heterocycles. The van der Waals surface area contributed by atoms with E-state index in [0.717, 1.165) is 28.3 Å². The van der Waals surface area contributed by atoms with E-state index < -0.39 is 0 Å². The number of carbonyl (C=O) groups is 1. The average Bonchev–Trinajstić information content (AvgIpc) is 3.13. The molecule has 1 aromatic heterocycles. The van der Waals surface area contributed by atoms with E-state index in [1.807, 2.05) is 60.7 Å². The van der Waals surface area contributed by atoms with E-state index in [0.29, 0.717) is 13.0 Å². The summed E-state index contributed by atoms with van der Waals surface area (Å²) >= 11 is 0. The first-order valence-electron chi connectivity index (χ1n) is 8.79. The molecule has 0 unspecified atom stereocenters. The van der Waals surface area contributed by atoms with Gasteiger partial charge >= 0.3 is 0 Å². The lowest BCUT2D eigenvalue weighted by Gasteiger charge is -2.39. The number of primary amides is 1. The molecule has 2 aromatic carbocycles. The molecule has 132 valence electrons. The van der Waals surface area contributed by atoms with Crippen LogP contribution < -0.4 is 10.6 Å². The minimum Gasteiger partial charge on any atom is -0.369 e. The third-order valence-electron chi connectivity index (χ3n) is 5.03. The van der Waals surface area contributed by atoms with E-state index >= 15 is 0 Å². The van der Waals surface area contributed by atoms with Gasteiger partial charge in [0.1, 0.15) is 5.69 Å². The number of hydrogen-bond acceptors (Lipinski definition) is 4. The zero-order valence-electron chi connectivity index (χ0n) is 14.6. The van der Waals surface area contributed by atoms with Gasteiger partial charge in [0.05, 0.1) is 12.5 Å². The van der Waals surface area contributed by atoms with Crippen molar-refractivity contribution in [2.75, 3.05) is 4.90 Å². The van der Waals surface area contributed by atoms with Crippen LogP contribution in [0.25, 0.3) is 11.3 Å². The molecule has 1 amide bonds. The molecule has 5 heteroatoms. The Morgan fingerprint density at radius 1 is 1.19 bits per heavy atom. The summed E-state index contributed by atoms with van der Waals surface area (Å²) < 4.78 is 5.58. The van der Waals surface area contributed by atoms with E-state index in [4.69, 9.17) is 10.3 Å². The van der Waals surface area contributed by atoms with Gasteiger partial charge in [-0.3, -0.25) is 4.79 Å². The molecular weight excluding hydrogens is 326 g/mol. The molecule has 2 N–H and O–H groups in total. The Morgan fingerprint density at radius 3 is 2.69 bits per heavy atom. The number of amides is 1. The second-order valence-corrected chi connectivity index (χ2v) is 6.77. The molecule has 0 fully saturated rings. The molecule has 3 aromatic rings. The van der Waals surface area contributed by atoms with Crippen molar-refractivity contribution in [2.45, 2.75) is 31.8 Å². The van der Waals surface area contributed by atoms with E-state index in [-0.39, 0.29) is 17.9 Å². The summed E-state index contributed by atoms with van der Waals surface area (Å²) in [6, 6.07) is 20.1. The molecule has 1 aliphatic rings. The number of hydrogen-bond donors (Lipinski definition) is 1. The van der Waals surface area contributed by atoms with Crippen molar-refractivity contribution in [3.05, 3.63) is 72.0 Å². The van der Waals surface area contributed by atoms with Crippen molar-refractivity contribution in [3.63, 3.8) is 0 Å². The Morgan fingerprint density at radius 2 is 1.92 bits per heavy atom. The van der Waals surface area contributed by atoms with E-state index in [1.165, 1.54) is 0 Å². The smallest absolute Gasteiger partial charge is 0.225 e. The van der Waals surface area contributed by atoms with E-state index in [2.05, 4.69) is 17.0 Å². The summed E-state index contributed by atoms with van der Waals surface area (Å²) in [6.07, 6.45) is 0.700. The molecule has 0 spiro atoms. The summed E-state index contributed by atoms with van der Waals surface area (Å²) in [5, 5.41) is 4.20. The molecule has 5 nitrogen and oxygen atoms in total. The summed E-state index contributed by atoms with van der Waals surface area (Å²) in [5.74, 6) is 0.282. The van der Waals surface area contributed by atoms with Gasteiger partial charge in [0, 0.05) is 23.4 Å². The van der Waals surface area contributed by atoms with Crippen molar-refractivity contribution in [1.29, 1.82) is 0 Å². The van der Waals surface area contributed by atoms with Crippen LogP contribution in [0, 0.1) is 0 Å². The molecular formula is C21H21N3O2. The molecule has 4 rings (SSSR count). The molecule has 0 aliphatic carbocycles. The second-order valence-electron chi connectivity index (χ2n) is 6.77. The third-order valence-corrected chi connectivity index (χ3v) is 5.03. The third kappa shape index (κ3) is 2.96. The Hall–Kier alpha value is -3.08. The Kier molecular flexibility index (Phi) is 4.21. The van der Waals surface area contributed by atoms with Crippen LogP contribution in [-0.4, -0.2) is 17.1 Å². The van der Waals surface area contributed by atoms with Crippen LogP contribution in [0.15, 0.2) is 65.2 Å². The number of aromatic nitrogens is 1. The van der Waals surface area contributed by atoms with Gasteiger partial charge in [0.2, 0.25) is 5.91 Å². The first-order chi connectivity index (χ1) is 12.6. The lowest BCUT2D eigenvalue weighted by Crippen LogP contribution is -2.41. The molecule has 2 atom stereocenters. The fourth-order valence-corrected chi connectivity index (χ4v) is 3.69. The van der Waals surface area contributed by atoms with Crippen LogP contribution in [-0.2, 0) is 11.3 Å². The molecule has 2 heterocycles. The predicted molar refractivity (Wildman–Crippen MR) is 101 cm³/mol. The van der Waals surface area contributed by atoms with Crippen molar-refractivity contribution in [3.8, 4) is 11.3 Å². The van der Waals surface area contributed by atoms with Crippen molar-refractivity contribution in [2.24, 2.45) is 5.73 Å². The highest BCUT2D eigenvalue weighted by Gasteiger charge is 2.33. The predicted octanol–water partition coefficient (Wildman–Crippen LogP) is 3.71. The topological polar surface area (TPSA) is 72.4 Å². The Labute approximate surface area is 152 Å². The van der Waals surface area contributed by atoms with Gasteiger partial charge in [0.25, 0.3) is 0 Å². The quantitative estimate of drug-likeness (QED) is 0.781. The number of benzene rings is 2. The van der Waals surface area contributed by atoms with Gasteiger partial charge in [-0.15, -0.1) is 0 Å². The van der Waals surface area contributed by atoms with Crippen molar-refractivity contribution in [1.82, 2.24) is 5.16 Å². The zero-order chi connectivity index (χ0) is 18.1. The number of rotatable bonds is 4. The van der Waals surface area contributed by atoms with Crippen LogP contribution in [0.4, 0.5) is 5.69 Å². The average molecular weight is 347 g/mol. The highest BCUT2D eigenvalue weighted by atomic mass is 16.5. The Bertz CT molecular complexity index is 920. The van der Waals surface area contributed by atoms with Gasteiger partial charge < -0.3 is 15.2 Å². The lowest BCUT2D eigenvalue weighted by atomic mass is 9.85. The van der Waals surface area contributed by atoms with Crippen LogP contribution in [0.2, 0.25) is 0 Å². The summed E-state index contributed by atoms with van der Waals surface area (Å²) in [5.41, 5.74) is 9.50. The standard InChI is InChI=1S/C21H21N3O2/c1-14-11-18(21(22)25)17-9-5-6-10-20(17)24(14)13-16-12-19(23-26-16)15-7-3-2-4-8-15/h2-10,12,14,18H,11,13H2,1H3,(H2,22,25)/t14-,18-/m1/s1. The highest BCUT2D eigenvalue weighted by Crippen LogP contribution is 2.39. The molecule has 0 bridgehead atoms. The fourth-order valence-electron chi connectivity index (χ4n) is 3.69. The van der Waals surface area contributed by atoms with Crippen molar-refractivity contribution < 1.29 is 9.32 Å². The molecule has 0 saturated carbocycles. The highest BCUT2D eigenvalue weighted by molar-refractivity contribution is 5.85.